The van der Waals surface area contributed by atoms with E-state index in [2.05, 4.69) is 4.90 Å². The van der Waals surface area contributed by atoms with Gasteiger partial charge in [0.1, 0.15) is 0 Å². The molecule has 2 aliphatic heterocycles. The van der Waals surface area contributed by atoms with Gasteiger partial charge in [0.25, 0.3) is 0 Å². The molecule has 0 aromatic carbocycles. The number of hydrogen-bond donors (Lipinski definition) is 0. The lowest BCUT2D eigenvalue weighted by Gasteiger charge is -2.55. The van der Waals surface area contributed by atoms with Crippen molar-refractivity contribution in [2.75, 3.05) is 32.1 Å². The molecule has 0 bridgehead atoms. The molecule has 2 heterocycles. The van der Waals surface area contributed by atoms with Gasteiger partial charge in [0.05, 0.1) is 12.2 Å². The molecule has 58 valence electrons. The van der Waals surface area contributed by atoms with Crippen LogP contribution in [0.1, 0.15) is 6.42 Å². The third-order valence-electron chi connectivity index (χ3n) is 2.39. The summed E-state index contributed by atoms with van der Waals surface area (Å²) in [6, 6.07) is 0. The number of alkyl halides is 1. The number of ether oxygens (including phenoxy) is 1. The lowest BCUT2D eigenvalue weighted by molar-refractivity contribution is -0.220. The minimum atomic E-state index is 0.284. The average Bonchev–Trinajstić information content (AvgIpc) is 1.72. The minimum absolute atomic E-state index is 0.284. The first-order valence-corrected chi connectivity index (χ1v) is 4.30. The van der Waals surface area contributed by atoms with Gasteiger partial charge in [0, 0.05) is 31.9 Å². The van der Waals surface area contributed by atoms with Crippen molar-refractivity contribution >= 4 is 11.6 Å². The molecule has 2 saturated heterocycles. The molecule has 0 amide bonds. The zero-order valence-electron chi connectivity index (χ0n) is 5.98. The molecule has 0 saturated carbocycles. The van der Waals surface area contributed by atoms with Crippen LogP contribution in [0.25, 0.3) is 0 Å². The van der Waals surface area contributed by atoms with Gasteiger partial charge in [-0.25, -0.2) is 0 Å². The highest BCUT2D eigenvalue weighted by Crippen LogP contribution is 2.35. The Labute approximate surface area is 66.1 Å². The van der Waals surface area contributed by atoms with Crippen LogP contribution in [0, 0.1) is 0 Å². The van der Waals surface area contributed by atoms with Crippen LogP contribution < -0.4 is 0 Å². The highest BCUT2D eigenvalue weighted by Gasteiger charge is 2.48. The summed E-state index contributed by atoms with van der Waals surface area (Å²) in [5.74, 6) is 0.746. The van der Waals surface area contributed by atoms with E-state index in [4.69, 9.17) is 16.3 Å². The summed E-state index contributed by atoms with van der Waals surface area (Å²) >= 11 is 5.58. The van der Waals surface area contributed by atoms with E-state index in [1.54, 1.807) is 0 Å². The normalized spacial score (nSPS) is 29.7. The van der Waals surface area contributed by atoms with Crippen molar-refractivity contribution < 1.29 is 4.74 Å². The van der Waals surface area contributed by atoms with Crippen LogP contribution in [0.2, 0.25) is 0 Å². The van der Waals surface area contributed by atoms with Crippen molar-refractivity contribution in [1.82, 2.24) is 4.90 Å². The largest absolute Gasteiger partial charge is 0.372 e. The molecule has 3 heteroatoms. The molecule has 0 radical (unpaired) electrons. The predicted octanol–water partition coefficient (Wildman–Crippen LogP) is 0.700. The van der Waals surface area contributed by atoms with Gasteiger partial charge in [-0.3, -0.25) is 4.90 Å². The van der Waals surface area contributed by atoms with Crippen LogP contribution in [0.5, 0.6) is 0 Å². The minimum Gasteiger partial charge on any atom is -0.372 e. The summed E-state index contributed by atoms with van der Waals surface area (Å²) in [5, 5.41) is 0. The Morgan fingerprint density at radius 3 is 2.60 bits per heavy atom. The Morgan fingerprint density at radius 2 is 2.20 bits per heavy atom. The zero-order chi connectivity index (χ0) is 7.03. The maximum absolute atomic E-state index is 5.58. The smallest absolute Gasteiger partial charge is 0.0956 e. The molecule has 0 aromatic rings. The van der Waals surface area contributed by atoms with Crippen LogP contribution in [0.4, 0.5) is 0 Å². The summed E-state index contributed by atoms with van der Waals surface area (Å²) in [5.41, 5.74) is 0.284. The molecular formula is C7H12ClNO. The lowest BCUT2D eigenvalue weighted by atomic mass is 9.86. The molecule has 2 rings (SSSR count). The van der Waals surface area contributed by atoms with E-state index < -0.39 is 0 Å². The van der Waals surface area contributed by atoms with Gasteiger partial charge >= 0.3 is 0 Å². The number of halogens is 1. The second-order valence-corrected chi connectivity index (χ2v) is 3.56. The molecule has 0 unspecified atom stereocenters. The van der Waals surface area contributed by atoms with Gasteiger partial charge in [-0.15, -0.1) is 11.6 Å². The van der Waals surface area contributed by atoms with Crippen molar-refractivity contribution in [3.63, 3.8) is 0 Å². The maximum Gasteiger partial charge on any atom is 0.0956 e. The van der Waals surface area contributed by atoms with E-state index in [0.29, 0.717) is 0 Å². The van der Waals surface area contributed by atoms with Crippen molar-refractivity contribution in [2.45, 2.75) is 12.0 Å². The highest BCUT2D eigenvalue weighted by molar-refractivity contribution is 6.18. The Morgan fingerprint density at radius 1 is 1.50 bits per heavy atom. The molecule has 2 aliphatic rings. The van der Waals surface area contributed by atoms with Gasteiger partial charge in [-0.05, 0) is 0 Å². The third kappa shape index (κ3) is 0.949. The molecule has 10 heavy (non-hydrogen) atoms. The van der Waals surface area contributed by atoms with Crippen LogP contribution >= 0.6 is 11.6 Å². The molecule has 0 aliphatic carbocycles. The van der Waals surface area contributed by atoms with Crippen molar-refractivity contribution in [3.05, 3.63) is 0 Å². The van der Waals surface area contributed by atoms with E-state index in [1.807, 2.05) is 0 Å². The average molecular weight is 162 g/mol. The number of likely N-dealkylation sites (tertiary alicyclic amines) is 1. The maximum atomic E-state index is 5.58. The molecule has 1 spiro atoms. The predicted molar refractivity (Wildman–Crippen MR) is 40.5 cm³/mol. The van der Waals surface area contributed by atoms with E-state index in [1.165, 1.54) is 6.42 Å². The number of hydrogen-bond acceptors (Lipinski definition) is 2. The number of nitrogens with zero attached hydrogens (tertiary/aromatic N) is 1. The molecule has 0 atom stereocenters. The zero-order valence-corrected chi connectivity index (χ0v) is 6.73. The second-order valence-electron chi connectivity index (χ2n) is 3.18. The summed E-state index contributed by atoms with van der Waals surface area (Å²) in [6.45, 7) is 4.21. The summed E-state index contributed by atoms with van der Waals surface area (Å²) in [7, 11) is 0. The van der Waals surface area contributed by atoms with Crippen molar-refractivity contribution in [3.8, 4) is 0 Å². The monoisotopic (exact) mass is 161 g/mol. The van der Waals surface area contributed by atoms with Gasteiger partial charge < -0.3 is 4.74 Å². The molecular weight excluding hydrogens is 150 g/mol. The Hall–Kier alpha value is 0.210. The fourth-order valence-corrected chi connectivity index (χ4v) is 1.93. The number of rotatable bonds is 2. The first-order valence-electron chi connectivity index (χ1n) is 3.77. The van der Waals surface area contributed by atoms with Crippen LogP contribution in [-0.2, 0) is 4.74 Å². The summed E-state index contributed by atoms with van der Waals surface area (Å²) in [6.07, 6.45) is 1.26. The Balaban J connectivity index is 1.72. The summed E-state index contributed by atoms with van der Waals surface area (Å²) < 4.78 is 5.45. The first kappa shape index (κ1) is 6.89. The standard InChI is InChI=1S/C7H12ClNO/c8-2-3-9-5-7(6-9)1-4-10-7/h1-6H2. The topological polar surface area (TPSA) is 12.5 Å². The third-order valence-corrected chi connectivity index (χ3v) is 2.56. The summed E-state index contributed by atoms with van der Waals surface area (Å²) in [4.78, 5) is 2.34. The first-order chi connectivity index (χ1) is 4.85. The molecule has 0 N–H and O–H groups in total. The molecule has 0 aromatic heterocycles. The van der Waals surface area contributed by atoms with Gasteiger partial charge in [0.2, 0.25) is 0 Å². The van der Waals surface area contributed by atoms with E-state index >= 15 is 0 Å². The van der Waals surface area contributed by atoms with Crippen LogP contribution in [0.3, 0.4) is 0 Å². The van der Waals surface area contributed by atoms with Crippen LogP contribution in [-0.4, -0.2) is 42.6 Å². The second kappa shape index (κ2) is 2.36. The Bertz CT molecular complexity index is 128. The fraction of sp³-hybridized carbons (Fsp3) is 1.00. The van der Waals surface area contributed by atoms with E-state index in [9.17, 15) is 0 Å². The van der Waals surface area contributed by atoms with E-state index in [-0.39, 0.29) is 5.60 Å². The highest BCUT2D eigenvalue weighted by atomic mass is 35.5. The van der Waals surface area contributed by atoms with E-state index in [0.717, 1.165) is 32.1 Å². The van der Waals surface area contributed by atoms with Crippen LogP contribution in [0.15, 0.2) is 0 Å². The van der Waals surface area contributed by atoms with Gasteiger partial charge in [-0.2, -0.15) is 0 Å². The van der Waals surface area contributed by atoms with Crippen molar-refractivity contribution in [1.29, 1.82) is 0 Å². The molecule has 2 fully saturated rings. The lowest BCUT2D eigenvalue weighted by Crippen LogP contribution is -2.68. The molecule has 2 nitrogen and oxygen atoms in total. The van der Waals surface area contributed by atoms with Gasteiger partial charge in [0.15, 0.2) is 0 Å². The van der Waals surface area contributed by atoms with Crippen molar-refractivity contribution in [2.24, 2.45) is 0 Å². The SMILES string of the molecule is ClCCN1CC2(CCO2)C1. The fourth-order valence-electron chi connectivity index (χ4n) is 1.69. The van der Waals surface area contributed by atoms with Gasteiger partial charge in [-0.1, -0.05) is 0 Å². The Kier molecular flexibility index (Phi) is 1.63. The quantitative estimate of drug-likeness (QED) is 0.553.